The number of allylic oxidation sites excluding steroid dienone is 3. The normalized spacial score (nSPS) is 46.4. The molecule has 2 heterocycles. The number of hydrogen-bond donors (Lipinski definition) is 2. The number of carbonyl (C=O) groups excluding carboxylic acids is 1. The van der Waals surface area contributed by atoms with Crippen LogP contribution < -0.4 is 0 Å². The Labute approximate surface area is 195 Å². The summed E-state index contributed by atoms with van der Waals surface area (Å²) < 4.78 is 11.9. The molecule has 176 valence electrons. The molecule has 0 spiro atoms. The van der Waals surface area contributed by atoms with E-state index in [0.29, 0.717) is 6.42 Å². The standard InChI is InChI=1S/C28H34O5/c1-15(23-14-26(2)28(4,33-26)25(31)32-23)16-8-10-18-17(12-16)9-11-20-19(18)13-22(29)21-6-5-7-24(30)27(20,21)3/h5-8,10,12,15,19-20,22-23,25,29,31H,9,11,13-14H2,1-4H3/t15?,19-,20-,22-,23?,25+,26-,27+,28+/m0/s1. The zero-order valence-corrected chi connectivity index (χ0v) is 19.9. The van der Waals surface area contributed by atoms with E-state index in [2.05, 4.69) is 32.0 Å². The van der Waals surface area contributed by atoms with Gasteiger partial charge in [0, 0.05) is 12.3 Å². The van der Waals surface area contributed by atoms with Gasteiger partial charge in [-0.15, -0.1) is 0 Å². The molecular formula is C28H34O5. The summed E-state index contributed by atoms with van der Waals surface area (Å²) in [6.45, 7) is 8.17. The van der Waals surface area contributed by atoms with Crippen LogP contribution in [0.25, 0.3) is 0 Å². The number of aryl methyl sites for hydroxylation is 1. The van der Waals surface area contributed by atoms with Crippen LogP contribution in [-0.2, 0) is 20.7 Å². The molecule has 3 aliphatic carbocycles. The summed E-state index contributed by atoms with van der Waals surface area (Å²) in [6, 6.07) is 6.68. The lowest BCUT2D eigenvalue weighted by Crippen LogP contribution is -2.50. The van der Waals surface area contributed by atoms with Crippen LogP contribution in [0, 0.1) is 11.3 Å². The van der Waals surface area contributed by atoms with E-state index in [1.54, 1.807) is 12.2 Å². The van der Waals surface area contributed by atoms with Crippen molar-refractivity contribution in [3.05, 3.63) is 58.7 Å². The van der Waals surface area contributed by atoms with E-state index in [1.165, 1.54) is 16.7 Å². The minimum atomic E-state index is -0.907. The lowest BCUT2D eigenvalue weighted by atomic mass is 9.52. The van der Waals surface area contributed by atoms with Gasteiger partial charge >= 0.3 is 0 Å². The highest BCUT2D eigenvalue weighted by Crippen LogP contribution is 2.59. The second kappa shape index (κ2) is 6.88. The topological polar surface area (TPSA) is 79.3 Å². The third-order valence-corrected chi connectivity index (χ3v) is 9.88. The van der Waals surface area contributed by atoms with E-state index in [1.807, 2.05) is 19.9 Å². The van der Waals surface area contributed by atoms with Crippen LogP contribution in [-0.4, -0.2) is 45.7 Å². The molecule has 0 aromatic heterocycles. The summed E-state index contributed by atoms with van der Waals surface area (Å²) in [7, 11) is 0. The van der Waals surface area contributed by atoms with Gasteiger partial charge in [-0.2, -0.15) is 0 Å². The van der Waals surface area contributed by atoms with Gasteiger partial charge in [0.25, 0.3) is 0 Å². The van der Waals surface area contributed by atoms with Crippen LogP contribution in [0.1, 0.15) is 75.5 Å². The van der Waals surface area contributed by atoms with Crippen LogP contribution >= 0.6 is 0 Å². The van der Waals surface area contributed by atoms with Crippen molar-refractivity contribution >= 4 is 5.78 Å². The number of rotatable bonds is 2. The maximum Gasteiger partial charge on any atom is 0.186 e. The second-order valence-corrected chi connectivity index (χ2v) is 11.5. The Morgan fingerprint density at radius 2 is 1.97 bits per heavy atom. The monoisotopic (exact) mass is 450 g/mol. The molecule has 6 rings (SSSR count). The average molecular weight is 451 g/mol. The first-order chi connectivity index (χ1) is 15.6. The maximum atomic E-state index is 13.0. The van der Waals surface area contributed by atoms with E-state index in [4.69, 9.17) is 9.47 Å². The third-order valence-electron chi connectivity index (χ3n) is 9.88. The molecule has 2 saturated heterocycles. The molecule has 5 nitrogen and oxygen atoms in total. The van der Waals surface area contributed by atoms with Crippen LogP contribution in [0.5, 0.6) is 0 Å². The van der Waals surface area contributed by atoms with Crippen molar-refractivity contribution in [1.29, 1.82) is 0 Å². The van der Waals surface area contributed by atoms with Gasteiger partial charge < -0.3 is 19.7 Å². The fourth-order valence-corrected chi connectivity index (χ4v) is 7.38. The summed E-state index contributed by atoms with van der Waals surface area (Å²) in [4.78, 5) is 13.0. The van der Waals surface area contributed by atoms with Gasteiger partial charge in [0.1, 0.15) is 11.2 Å². The summed E-state index contributed by atoms with van der Waals surface area (Å²) >= 11 is 0. The molecule has 33 heavy (non-hydrogen) atoms. The molecule has 1 saturated carbocycles. The first-order valence-corrected chi connectivity index (χ1v) is 12.4. The molecule has 5 heteroatoms. The molecule has 0 bridgehead atoms. The summed E-state index contributed by atoms with van der Waals surface area (Å²) in [5.41, 5.74) is 3.16. The molecule has 5 aliphatic rings. The molecule has 0 amide bonds. The van der Waals surface area contributed by atoms with Gasteiger partial charge in [0.05, 0.1) is 17.6 Å². The molecule has 3 fully saturated rings. The van der Waals surface area contributed by atoms with E-state index < -0.39 is 23.4 Å². The zero-order valence-electron chi connectivity index (χ0n) is 19.9. The van der Waals surface area contributed by atoms with Crippen LogP contribution in [0.2, 0.25) is 0 Å². The quantitative estimate of drug-likeness (QED) is 0.668. The smallest absolute Gasteiger partial charge is 0.186 e. The lowest BCUT2D eigenvalue weighted by molar-refractivity contribution is -0.187. The Hall–Kier alpha value is -1.79. The predicted octanol–water partition coefficient (Wildman–Crippen LogP) is 3.93. The largest absolute Gasteiger partial charge is 0.389 e. The van der Waals surface area contributed by atoms with Crippen LogP contribution in [0.3, 0.4) is 0 Å². The number of aliphatic hydroxyl groups is 2. The van der Waals surface area contributed by atoms with E-state index in [9.17, 15) is 15.0 Å². The van der Waals surface area contributed by atoms with Gasteiger partial charge in [0.15, 0.2) is 12.1 Å². The number of epoxide rings is 1. The van der Waals surface area contributed by atoms with E-state index in [-0.39, 0.29) is 35.2 Å². The van der Waals surface area contributed by atoms with Gasteiger partial charge in [-0.1, -0.05) is 37.3 Å². The minimum Gasteiger partial charge on any atom is -0.389 e. The molecule has 0 radical (unpaired) electrons. The van der Waals surface area contributed by atoms with Gasteiger partial charge in [-0.3, -0.25) is 4.79 Å². The first kappa shape index (κ1) is 21.7. The van der Waals surface area contributed by atoms with Gasteiger partial charge in [-0.25, -0.2) is 0 Å². The predicted molar refractivity (Wildman–Crippen MR) is 124 cm³/mol. The van der Waals surface area contributed by atoms with Crippen molar-refractivity contribution in [3.8, 4) is 0 Å². The maximum absolute atomic E-state index is 13.0. The molecule has 2 unspecified atom stereocenters. The Kier molecular flexibility index (Phi) is 4.53. The second-order valence-electron chi connectivity index (χ2n) is 11.5. The number of ether oxygens (including phenoxy) is 2. The molecule has 2 aliphatic heterocycles. The van der Waals surface area contributed by atoms with Crippen molar-refractivity contribution in [1.82, 2.24) is 0 Å². The Bertz CT molecular complexity index is 1090. The molecular weight excluding hydrogens is 416 g/mol. The number of benzene rings is 1. The highest BCUT2D eigenvalue weighted by Gasteiger charge is 2.71. The Balaban J connectivity index is 1.29. The molecule has 9 atom stereocenters. The average Bonchev–Trinajstić information content (AvgIpc) is 3.37. The Morgan fingerprint density at radius 3 is 2.73 bits per heavy atom. The SMILES string of the molecule is CC(c1ccc2c(c1)CC[C@H]1[C@H]2C[C@H](O)C2=CC=CC(=O)[C@@]21C)C1C[C@]2(C)O[C@]2(C)[C@H](O)O1. The third kappa shape index (κ3) is 2.83. The number of fused-ring (bicyclic) bond motifs is 6. The number of aliphatic hydroxyl groups excluding tert-OH is 2. The van der Waals surface area contributed by atoms with Crippen LogP contribution in [0.15, 0.2) is 42.0 Å². The number of hydrogen-bond acceptors (Lipinski definition) is 5. The van der Waals surface area contributed by atoms with Crippen molar-refractivity contribution in [2.24, 2.45) is 11.3 Å². The van der Waals surface area contributed by atoms with E-state index in [0.717, 1.165) is 24.8 Å². The highest BCUT2D eigenvalue weighted by molar-refractivity contribution is 5.99. The van der Waals surface area contributed by atoms with E-state index >= 15 is 0 Å². The summed E-state index contributed by atoms with van der Waals surface area (Å²) in [5.74, 6) is 0.639. The number of ketones is 1. The fraction of sp³-hybridized carbons (Fsp3) is 0.607. The molecule has 2 N–H and O–H groups in total. The summed E-state index contributed by atoms with van der Waals surface area (Å²) in [5, 5.41) is 21.4. The van der Waals surface area contributed by atoms with Crippen molar-refractivity contribution in [2.45, 2.75) is 94.9 Å². The van der Waals surface area contributed by atoms with Crippen molar-refractivity contribution in [3.63, 3.8) is 0 Å². The first-order valence-electron chi connectivity index (χ1n) is 12.4. The summed E-state index contributed by atoms with van der Waals surface area (Å²) in [6.07, 6.45) is 7.12. The van der Waals surface area contributed by atoms with Crippen molar-refractivity contribution in [2.75, 3.05) is 0 Å². The molecule has 1 aromatic carbocycles. The van der Waals surface area contributed by atoms with Crippen LogP contribution in [0.4, 0.5) is 0 Å². The number of carbonyl (C=O) groups is 1. The molecule has 1 aromatic rings. The fourth-order valence-electron chi connectivity index (χ4n) is 7.38. The Morgan fingerprint density at radius 1 is 1.18 bits per heavy atom. The van der Waals surface area contributed by atoms with Crippen molar-refractivity contribution < 1.29 is 24.5 Å². The lowest BCUT2D eigenvalue weighted by Gasteiger charge is -2.51. The highest BCUT2D eigenvalue weighted by atomic mass is 16.7. The van der Waals surface area contributed by atoms with Gasteiger partial charge in [-0.05, 0) is 80.2 Å². The zero-order chi connectivity index (χ0) is 23.3. The minimum absolute atomic E-state index is 0.107. The van der Waals surface area contributed by atoms with Gasteiger partial charge in [0.2, 0.25) is 0 Å².